The summed E-state index contributed by atoms with van der Waals surface area (Å²) in [6.07, 6.45) is 0. The summed E-state index contributed by atoms with van der Waals surface area (Å²) in [7, 11) is -3.44. The minimum absolute atomic E-state index is 0.366. The van der Waals surface area contributed by atoms with Crippen LogP contribution in [0.1, 0.15) is 20.8 Å². The van der Waals surface area contributed by atoms with E-state index >= 15 is 0 Å². The quantitative estimate of drug-likeness (QED) is 0.830. The van der Waals surface area contributed by atoms with Gasteiger partial charge in [0.25, 0.3) is 0 Å². The SMILES string of the molecule is CC(C)(C)S(=O)(=O)Nc1nc2ccc(N)cc2s1. The highest BCUT2D eigenvalue weighted by Gasteiger charge is 2.29. The molecule has 5 nitrogen and oxygen atoms in total. The summed E-state index contributed by atoms with van der Waals surface area (Å²) in [4.78, 5) is 4.23. The lowest BCUT2D eigenvalue weighted by Gasteiger charge is -2.18. The Balaban J connectivity index is 2.39. The summed E-state index contributed by atoms with van der Waals surface area (Å²) >= 11 is 1.27. The average molecular weight is 285 g/mol. The van der Waals surface area contributed by atoms with Crippen LogP contribution in [0.5, 0.6) is 0 Å². The van der Waals surface area contributed by atoms with Crippen molar-refractivity contribution < 1.29 is 8.42 Å². The molecule has 1 aromatic heterocycles. The smallest absolute Gasteiger partial charge is 0.239 e. The van der Waals surface area contributed by atoms with Crippen molar-refractivity contribution in [1.82, 2.24) is 4.98 Å². The molecule has 7 heteroatoms. The van der Waals surface area contributed by atoms with Gasteiger partial charge in [0.05, 0.1) is 15.0 Å². The molecule has 0 bridgehead atoms. The maximum atomic E-state index is 12.0. The van der Waals surface area contributed by atoms with E-state index in [0.29, 0.717) is 10.8 Å². The van der Waals surface area contributed by atoms with Gasteiger partial charge < -0.3 is 5.73 Å². The van der Waals surface area contributed by atoms with Crippen molar-refractivity contribution >= 4 is 42.4 Å². The summed E-state index contributed by atoms with van der Waals surface area (Å²) in [6, 6.07) is 5.29. The summed E-state index contributed by atoms with van der Waals surface area (Å²) in [5.74, 6) is 0. The normalized spacial score (nSPS) is 12.8. The third-order valence-electron chi connectivity index (χ3n) is 2.44. The van der Waals surface area contributed by atoms with Gasteiger partial charge in [0.1, 0.15) is 0 Å². The number of sulfonamides is 1. The number of anilines is 2. The second-order valence-corrected chi connectivity index (χ2v) is 8.43. The molecule has 0 amide bonds. The largest absolute Gasteiger partial charge is 0.399 e. The minimum atomic E-state index is -3.44. The highest BCUT2D eigenvalue weighted by molar-refractivity contribution is 7.94. The lowest BCUT2D eigenvalue weighted by atomic mass is 10.3. The van der Waals surface area contributed by atoms with Crippen LogP contribution < -0.4 is 10.5 Å². The zero-order valence-electron chi connectivity index (χ0n) is 10.4. The fourth-order valence-electron chi connectivity index (χ4n) is 1.25. The molecule has 0 radical (unpaired) electrons. The topological polar surface area (TPSA) is 85.1 Å². The van der Waals surface area contributed by atoms with Crippen molar-refractivity contribution in [2.45, 2.75) is 25.5 Å². The molecular weight excluding hydrogens is 270 g/mol. The summed E-state index contributed by atoms with van der Waals surface area (Å²) in [6.45, 7) is 4.92. The number of nitrogens with zero attached hydrogens (tertiary/aromatic N) is 1. The Hall–Kier alpha value is -1.34. The molecular formula is C11H15N3O2S2. The number of hydrogen-bond donors (Lipinski definition) is 2. The highest BCUT2D eigenvalue weighted by atomic mass is 32.2. The monoisotopic (exact) mass is 285 g/mol. The molecule has 0 aliphatic rings. The maximum absolute atomic E-state index is 12.0. The van der Waals surface area contributed by atoms with Crippen molar-refractivity contribution in [3.8, 4) is 0 Å². The zero-order valence-corrected chi connectivity index (χ0v) is 12.0. The molecule has 1 heterocycles. The lowest BCUT2D eigenvalue weighted by Crippen LogP contribution is -2.33. The van der Waals surface area contributed by atoms with Crippen LogP contribution >= 0.6 is 11.3 Å². The molecule has 0 unspecified atom stereocenters. The van der Waals surface area contributed by atoms with Crippen LogP contribution in [0.3, 0.4) is 0 Å². The first-order valence-corrected chi connectivity index (χ1v) is 7.67. The van der Waals surface area contributed by atoms with E-state index in [4.69, 9.17) is 5.73 Å². The summed E-state index contributed by atoms with van der Waals surface area (Å²) in [5.41, 5.74) is 7.04. The molecule has 98 valence electrons. The number of rotatable bonds is 2. The Morgan fingerprint density at radius 3 is 2.61 bits per heavy atom. The highest BCUT2D eigenvalue weighted by Crippen LogP contribution is 2.29. The van der Waals surface area contributed by atoms with E-state index in [-0.39, 0.29) is 0 Å². The van der Waals surface area contributed by atoms with Gasteiger partial charge in [0.2, 0.25) is 10.0 Å². The Morgan fingerprint density at radius 1 is 1.33 bits per heavy atom. The predicted octanol–water partition coefficient (Wildman–Crippen LogP) is 2.42. The Labute approximate surface area is 110 Å². The Bertz CT molecular complexity index is 684. The van der Waals surface area contributed by atoms with Gasteiger partial charge in [0, 0.05) is 5.69 Å². The Morgan fingerprint density at radius 2 is 2.00 bits per heavy atom. The van der Waals surface area contributed by atoms with Crippen LogP contribution in [-0.2, 0) is 10.0 Å². The number of thiazole rings is 1. The zero-order chi connectivity index (χ0) is 13.6. The first kappa shape index (κ1) is 13.1. The van der Waals surface area contributed by atoms with Gasteiger partial charge >= 0.3 is 0 Å². The maximum Gasteiger partial charge on any atom is 0.239 e. The van der Waals surface area contributed by atoms with E-state index in [1.54, 1.807) is 39.0 Å². The van der Waals surface area contributed by atoms with Gasteiger partial charge in [-0.1, -0.05) is 11.3 Å². The van der Waals surface area contributed by atoms with Crippen molar-refractivity contribution in [2.75, 3.05) is 10.5 Å². The fourth-order valence-corrected chi connectivity index (χ4v) is 3.10. The van der Waals surface area contributed by atoms with E-state index in [1.165, 1.54) is 11.3 Å². The van der Waals surface area contributed by atoms with Crippen molar-refractivity contribution in [1.29, 1.82) is 0 Å². The van der Waals surface area contributed by atoms with Crippen LogP contribution in [0, 0.1) is 0 Å². The van der Waals surface area contributed by atoms with Gasteiger partial charge in [-0.05, 0) is 39.0 Å². The number of nitrogens with two attached hydrogens (primary N) is 1. The molecule has 0 saturated carbocycles. The van der Waals surface area contributed by atoms with Crippen LogP contribution in [0.15, 0.2) is 18.2 Å². The number of nitrogen functional groups attached to an aromatic ring is 1. The van der Waals surface area contributed by atoms with Gasteiger partial charge in [-0.2, -0.15) is 0 Å². The first-order valence-electron chi connectivity index (χ1n) is 5.37. The summed E-state index contributed by atoms with van der Waals surface area (Å²) < 4.78 is 26.5. The standard InChI is InChI=1S/C11H15N3O2S2/c1-11(2,3)18(15,16)14-10-13-8-5-4-7(12)6-9(8)17-10/h4-6H,12H2,1-3H3,(H,13,14). The first-order chi connectivity index (χ1) is 8.19. The van der Waals surface area contributed by atoms with Crippen molar-refractivity contribution in [2.24, 2.45) is 0 Å². The molecule has 2 aromatic rings. The molecule has 0 spiro atoms. The van der Waals surface area contributed by atoms with Crippen molar-refractivity contribution in [3.05, 3.63) is 18.2 Å². The minimum Gasteiger partial charge on any atom is -0.399 e. The number of fused-ring (bicyclic) bond motifs is 1. The third-order valence-corrected chi connectivity index (χ3v) is 5.58. The predicted molar refractivity (Wildman–Crippen MR) is 76.3 cm³/mol. The van der Waals surface area contributed by atoms with Crippen LogP contribution in [0.2, 0.25) is 0 Å². The van der Waals surface area contributed by atoms with E-state index in [9.17, 15) is 8.42 Å². The van der Waals surface area contributed by atoms with Gasteiger partial charge in [-0.15, -0.1) is 0 Å². The molecule has 18 heavy (non-hydrogen) atoms. The Kier molecular flexibility index (Phi) is 2.98. The van der Waals surface area contributed by atoms with Gasteiger partial charge in [0.15, 0.2) is 5.13 Å². The molecule has 0 aliphatic heterocycles. The van der Waals surface area contributed by atoms with Gasteiger partial charge in [-0.25, -0.2) is 13.4 Å². The number of nitrogens with one attached hydrogen (secondary N) is 1. The molecule has 0 atom stereocenters. The van der Waals surface area contributed by atoms with Crippen LogP contribution in [-0.4, -0.2) is 18.1 Å². The number of aromatic nitrogens is 1. The lowest BCUT2D eigenvalue weighted by molar-refractivity contribution is 0.566. The fraction of sp³-hybridized carbons (Fsp3) is 0.364. The second-order valence-electron chi connectivity index (χ2n) is 4.96. The second kappa shape index (κ2) is 4.10. The summed E-state index contributed by atoms with van der Waals surface area (Å²) in [5, 5.41) is 0.366. The van der Waals surface area contributed by atoms with E-state index in [1.807, 2.05) is 0 Å². The molecule has 2 rings (SSSR count). The van der Waals surface area contributed by atoms with Gasteiger partial charge in [-0.3, -0.25) is 4.72 Å². The number of benzene rings is 1. The average Bonchev–Trinajstić information content (AvgIpc) is 2.56. The third kappa shape index (κ3) is 2.41. The van der Waals surface area contributed by atoms with E-state index in [2.05, 4.69) is 9.71 Å². The van der Waals surface area contributed by atoms with Crippen LogP contribution in [0.25, 0.3) is 10.2 Å². The van der Waals surface area contributed by atoms with Crippen molar-refractivity contribution in [3.63, 3.8) is 0 Å². The van der Waals surface area contributed by atoms with Crippen LogP contribution in [0.4, 0.5) is 10.8 Å². The molecule has 3 N–H and O–H groups in total. The van der Waals surface area contributed by atoms with E-state index < -0.39 is 14.8 Å². The molecule has 0 fully saturated rings. The van der Waals surface area contributed by atoms with E-state index in [0.717, 1.165) is 10.2 Å². The molecule has 1 aromatic carbocycles. The number of hydrogen-bond acceptors (Lipinski definition) is 5. The molecule has 0 aliphatic carbocycles. The molecule has 0 saturated heterocycles.